The zero-order chi connectivity index (χ0) is 9.26. The summed E-state index contributed by atoms with van der Waals surface area (Å²) in [7, 11) is 0. The molecule has 0 bridgehead atoms. The summed E-state index contributed by atoms with van der Waals surface area (Å²) in [5, 5.41) is 0. The second kappa shape index (κ2) is 3.97. The molecule has 2 rings (SSSR count). The van der Waals surface area contributed by atoms with Gasteiger partial charge in [0.2, 0.25) is 0 Å². The molecule has 2 nitrogen and oxygen atoms in total. The largest absolute Gasteiger partial charge is 0.327 e. The minimum absolute atomic E-state index is 0.348. The molecule has 1 aliphatic carbocycles. The van der Waals surface area contributed by atoms with Crippen molar-refractivity contribution in [3.8, 4) is 0 Å². The third-order valence-electron chi connectivity index (χ3n) is 3.65. The lowest BCUT2D eigenvalue weighted by molar-refractivity contribution is 0.176. The normalized spacial score (nSPS) is 37.4. The molecule has 0 spiro atoms. The van der Waals surface area contributed by atoms with Crippen LogP contribution in [0.3, 0.4) is 0 Å². The number of rotatable bonds is 2. The van der Waals surface area contributed by atoms with E-state index < -0.39 is 0 Å². The van der Waals surface area contributed by atoms with E-state index in [1.54, 1.807) is 0 Å². The Kier molecular flexibility index (Phi) is 2.89. The fraction of sp³-hybridized carbons (Fsp3) is 1.00. The molecule has 1 heterocycles. The van der Waals surface area contributed by atoms with E-state index in [2.05, 4.69) is 11.8 Å². The van der Waals surface area contributed by atoms with Gasteiger partial charge in [0.25, 0.3) is 0 Å². The van der Waals surface area contributed by atoms with Crippen LogP contribution < -0.4 is 5.73 Å². The highest BCUT2D eigenvalue weighted by Gasteiger charge is 2.35. The van der Waals surface area contributed by atoms with E-state index in [9.17, 15) is 0 Å². The van der Waals surface area contributed by atoms with Crippen LogP contribution in [0.25, 0.3) is 0 Å². The maximum absolute atomic E-state index is 5.85. The van der Waals surface area contributed by atoms with Crippen LogP contribution in [0.15, 0.2) is 0 Å². The van der Waals surface area contributed by atoms with Crippen LogP contribution in [0.5, 0.6) is 0 Å². The van der Waals surface area contributed by atoms with Crippen LogP contribution in [0.4, 0.5) is 0 Å². The summed E-state index contributed by atoms with van der Waals surface area (Å²) in [5.41, 5.74) is 5.85. The molecule has 1 aliphatic heterocycles. The first kappa shape index (κ1) is 9.47. The van der Waals surface area contributed by atoms with Gasteiger partial charge in [0.1, 0.15) is 0 Å². The minimum Gasteiger partial charge on any atom is -0.327 e. The Labute approximate surface area is 81.5 Å². The van der Waals surface area contributed by atoms with Gasteiger partial charge in [-0.25, -0.2) is 0 Å². The van der Waals surface area contributed by atoms with Gasteiger partial charge < -0.3 is 5.73 Å². The molecule has 0 radical (unpaired) electrons. The van der Waals surface area contributed by atoms with Crippen molar-refractivity contribution in [3.63, 3.8) is 0 Å². The molecule has 0 amide bonds. The summed E-state index contributed by atoms with van der Waals surface area (Å²) < 4.78 is 0. The summed E-state index contributed by atoms with van der Waals surface area (Å²) in [6.07, 6.45) is 7.23. The minimum atomic E-state index is 0.348. The van der Waals surface area contributed by atoms with Crippen LogP contribution in [0.2, 0.25) is 0 Å². The number of likely N-dealkylation sites (tertiary alicyclic amines) is 1. The third-order valence-corrected chi connectivity index (χ3v) is 3.65. The molecule has 1 saturated carbocycles. The maximum Gasteiger partial charge on any atom is 0.0139 e. The van der Waals surface area contributed by atoms with Gasteiger partial charge in [-0.1, -0.05) is 12.8 Å². The molecule has 13 heavy (non-hydrogen) atoms. The van der Waals surface area contributed by atoms with E-state index in [0.717, 1.165) is 18.5 Å². The molecule has 2 fully saturated rings. The molecule has 2 heteroatoms. The highest BCUT2D eigenvalue weighted by atomic mass is 15.2. The lowest BCUT2D eigenvalue weighted by Crippen LogP contribution is -2.41. The van der Waals surface area contributed by atoms with E-state index >= 15 is 0 Å². The summed E-state index contributed by atoms with van der Waals surface area (Å²) in [5.74, 6) is 1.01. The molecular weight excluding hydrogens is 160 g/mol. The first-order chi connectivity index (χ1) is 6.27. The van der Waals surface area contributed by atoms with Crippen LogP contribution in [0.1, 0.15) is 39.0 Å². The standard InChI is InChI=1S/C11H22N2/c1-9(12)8-13-7-6-10-4-2-3-5-11(10)13/h9-11H,2-8,12H2,1H3/t9-,10?,11?/m1/s1. The maximum atomic E-state index is 5.85. The van der Waals surface area contributed by atoms with E-state index in [-0.39, 0.29) is 0 Å². The third kappa shape index (κ3) is 2.05. The first-order valence-corrected chi connectivity index (χ1v) is 5.77. The van der Waals surface area contributed by atoms with Crippen molar-refractivity contribution in [2.75, 3.05) is 13.1 Å². The highest BCUT2D eigenvalue weighted by molar-refractivity contribution is 4.90. The lowest BCUT2D eigenvalue weighted by Gasteiger charge is -2.32. The Morgan fingerprint density at radius 3 is 2.85 bits per heavy atom. The van der Waals surface area contributed by atoms with Gasteiger partial charge in [0.15, 0.2) is 0 Å². The predicted molar refractivity (Wildman–Crippen MR) is 55.6 cm³/mol. The Morgan fingerprint density at radius 2 is 2.08 bits per heavy atom. The summed E-state index contributed by atoms with van der Waals surface area (Å²) in [6, 6.07) is 1.24. The van der Waals surface area contributed by atoms with Gasteiger partial charge in [0.05, 0.1) is 0 Å². The van der Waals surface area contributed by atoms with Crippen molar-refractivity contribution in [2.45, 2.75) is 51.1 Å². The van der Waals surface area contributed by atoms with Gasteiger partial charge in [0, 0.05) is 18.6 Å². The van der Waals surface area contributed by atoms with Crippen molar-refractivity contribution >= 4 is 0 Å². The summed E-state index contributed by atoms with van der Waals surface area (Å²) in [6.45, 7) is 4.54. The molecule has 76 valence electrons. The van der Waals surface area contributed by atoms with Crippen molar-refractivity contribution in [1.29, 1.82) is 0 Å². The van der Waals surface area contributed by atoms with Gasteiger partial charge >= 0.3 is 0 Å². The van der Waals surface area contributed by atoms with Crippen molar-refractivity contribution in [3.05, 3.63) is 0 Å². The zero-order valence-electron chi connectivity index (χ0n) is 8.71. The highest BCUT2D eigenvalue weighted by Crippen LogP contribution is 2.35. The quantitative estimate of drug-likeness (QED) is 0.703. The molecule has 2 unspecified atom stereocenters. The van der Waals surface area contributed by atoms with E-state index in [0.29, 0.717) is 6.04 Å². The van der Waals surface area contributed by atoms with E-state index in [1.807, 2.05) is 0 Å². The zero-order valence-corrected chi connectivity index (χ0v) is 8.71. The fourth-order valence-electron chi connectivity index (χ4n) is 3.10. The number of hydrogen-bond acceptors (Lipinski definition) is 2. The smallest absolute Gasteiger partial charge is 0.0139 e. The average molecular weight is 182 g/mol. The molecule has 0 aromatic rings. The molecule has 0 aromatic carbocycles. The number of nitrogens with two attached hydrogens (primary N) is 1. The number of fused-ring (bicyclic) bond motifs is 1. The number of hydrogen-bond donors (Lipinski definition) is 1. The Hall–Kier alpha value is -0.0800. The Balaban J connectivity index is 1.91. The van der Waals surface area contributed by atoms with E-state index in [4.69, 9.17) is 5.73 Å². The second-order valence-electron chi connectivity index (χ2n) is 4.87. The van der Waals surface area contributed by atoms with Crippen LogP contribution in [-0.4, -0.2) is 30.1 Å². The monoisotopic (exact) mass is 182 g/mol. The summed E-state index contributed by atoms with van der Waals surface area (Å²) >= 11 is 0. The molecule has 0 aromatic heterocycles. The van der Waals surface area contributed by atoms with Gasteiger partial charge in [-0.15, -0.1) is 0 Å². The van der Waals surface area contributed by atoms with Crippen LogP contribution in [0, 0.1) is 5.92 Å². The molecule has 1 saturated heterocycles. The van der Waals surface area contributed by atoms with E-state index in [1.165, 1.54) is 38.6 Å². The average Bonchev–Trinajstić information content (AvgIpc) is 2.48. The van der Waals surface area contributed by atoms with Gasteiger partial charge in [-0.05, 0) is 38.6 Å². The number of nitrogens with zero attached hydrogens (tertiary/aromatic N) is 1. The predicted octanol–water partition coefficient (Wildman–Crippen LogP) is 1.60. The Morgan fingerprint density at radius 1 is 1.31 bits per heavy atom. The molecule has 2 N–H and O–H groups in total. The van der Waals surface area contributed by atoms with Crippen LogP contribution >= 0.6 is 0 Å². The second-order valence-corrected chi connectivity index (χ2v) is 4.87. The molecule has 3 atom stereocenters. The van der Waals surface area contributed by atoms with Crippen molar-refractivity contribution in [1.82, 2.24) is 4.90 Å². The lowest BCUT2D eigenvalue weighted by atomic mass is 9.85. The topological polar surface area (TPSA) is 29.3 Å². The Bertz CT molecular complexity index is 167. The molecular formula is C11H22N2. The van der Waals surface area contributed by atoms with Crippen molar-refractivity contribution in [2.24, 2.45) is 11.7 Å². The molecule has 2 aliphatic rings. The SMILES string of the molecule is C[C@@H](N)CN1CCC2CCCCC21. The van der Waals surface area contributed by atoms with Gasteiger partial charge in [-0.3, -0.25) is 4.90 Å². The van der Waals surface area contributed by atoms with Crippen LogP contribution in [-0.2, 0) is 0 Å². The van der Waals surface area contributed by atoms with Gasteiger partial charge in [-0.2, -0.15) is 0 Å². The van der Waals surface area contributed by atoms with Crippen molar-refractivity contribution < 1.29 is 0 Å². The first-order valence-electron chi connectivity index (χ1n) is 5.77. The summed E-state index contributed by atoms with van der Waals surface area (Å²) in [4.78, 5) is 2.63. The fourth-order valence-corrected chi connectivity index (χ4v) is 3.10.